The van der Waals surface area contributed by atoms with Crippen molar-refractivity contribution in [2.75, 3.05) is 0 Å². The lowest BCUT2D eigenvalue weighted by Crippen LogP contribution is -2.33. The van der Waals surface area contributed by atoms with Crippen LogP contribution in [0.3, 0.4) is 0 Å². The Balaban J connectivity index is 1.05. The molecule has 8 aromatic carbocycles. The lowest BCUT2D eigenvalue weighted by molar-refractivity contribution is 0.666. The summed E-state index contributed by atoms with van der Waals surface area (Å²) in [4.78, 5) is 10.3. The average molecular weight is 749 g/mol. The zero-order chi connectivity index (χ0) is 37.5. The van der Waals surface area contributed by atoms with E-state index in [2.05, 4.69) is 168 Å². The summed E-state index contributed by atoms with van der Waals surface area (Å²) in [7, 11) is 0. The van der Waals surface area contributed by atoms with Gasteiger partial charge in [-0.2, -0.15) is 0 Å². The Morgan fingerprint density at radius 3 is 1.93 bits per heavy atom. The first kappa shape index (κ1) is 32.0. The van der Waals surface area contributed by atoms with Gasteiger partial charge in [0.05, 0.1) is 16.7 Å². The molecule has 12 rings (SSSR count). The molecule has 268 valence electrons. The maximum atomic E-state index is 6.89. The molecule has 1 N–H and O–H groups in total. The monoisotopic (exact) mass is 748 g/mol. The Labute approximate surface area is 331 Å². The van der Waals surface area contributed by atoms with Crippen LogP contribution in [0.25, 0.3) is 80.7 Å². The fourth-order valence-corrected chi connectivity index (χ4v) is 10.0. The van der Waals surface area contributed by atoms with Crippen LogP contribution < -0.4 is 5.32 Å². The van der Waals surface area contributed by atoms with Crippen LogP contribution in [0.1, 0.15) is 22.9 Å². The van der Waals surface area contributed by atoms with Crippen LogP contribution >= 0.6 is 11.3 Å². The lowest BCUT2D eigenvalue weighted by Gasteiger charge is -2.24. The van der Waals surface area contributed by atoms with Crippen LogP contribution in [0, 0.1) is 0 Å². The maximum Gasteiger partial charge on any atom is 0.159 e. The fourth-order valence-electron chi connectivity index (χ4n) is 8.78. The highest BCUT2D eigenvalue weighted by atomic mass is 32.1. The number of rotatable bonds is 5. The molecule has 4 heterocycles. The van der Waals surface area contributed by atoms with E-state index in [1.807, 2.05) is 35.6 Å². The molecule has 0 aliphatic carbocycles. The van der Waals surface area contributed by atoms with Gasteiger partial charge in [-0.1, -0.05) is 146 Å². The van der Waals surface area contributed by atoms with Crippen LogP contribution in [0.5, 0.6) is 0 Å². The van der Waals surface area contributed by atoms with Crippen LogP contribution in [0.4, 0.5) is 0 Å². The topological polar surface area (TPSA) is 54.8 Å². The van der Waals surface area contributed by atoms with Gasteiger partial charge in [0.25, 0.3) is 0 Å². The number of amidine groups is 2. The van der Waals surface area contributed by atoms with E-state index in [0.29, 0.717) is 0 Å². The van der Waals surface area contributed by atoms with Gasteiger partial charge < -0.3 is 14.3 Å². The Kier molecular flexibility index (Phi) is 7.09. The van der Waals surface area contributed by atoms with Gasteiger partial charge in [0, 0.05) is 52.8 Å². The van der Waals surface area contributed by atoms with E-state index in [1.165, 1.54) is 36.5 Å². The molecule has 1 aliphatic rings. The van der Waals surface area contributed by atoms with Crippen molar-refractivity contribution in [1.82, 2.24) is 9.88 Å². The number of furan rings is 1. The quantitative estimate of drug-likeness (QED) is 0.191. The van der Waals surface area contributed by atoms with Crippen molar-refractivity contribution in [3.63, 3.8) is 0 Å². The van der Waals surface area contributed by atoms with E-state index in [9.17, 15) is 0 Å². The van der Waals surface area contributed by atoms with E-state index in [1.54, 1.807) is 0 Å². The highest BCUT2D eigenvalue weighted by Gasteiger charge is 2.25. The smallest absolute Gasteiger partial charge is 0.159 e. The molecule has 0 saturated heterocycles. The lowest BCUT2D eigenvalue weighted by atomic mass is 9.95. The summed E-state index contributed by atoms with van der Waals surface area (Å²) in [6.07, 6.45) is -0.270. The largest absolute Gasteiger partial charge is 0.454 e. The van der Waals surface area contributed by atoms with Crippen molar-refractivity contribution >= 4 is 86.9 Å². The summed E-state index contributed by atoms with van der Waals surface area (Å²) in [6.45, 7) is 0. The molecule has 1 aliphatic heterocycles. The van der Waals surface area contributed by atoms with Crippen molar-refractivity contribution in [3.05, 3.63) is 199 Å². The molecule has 0 radical (unpaired) electrons. The number of fused-ring (bicyclic) bond motifs is 9. The molecule has 57 heavy (non-hydrogen) atoms. The standard InChI is InChI=1S/C51H32N4OS/c1-3-15-31(16-4-1)49-52-50(32-17-5-2-6-18-32)54-51(53-49)39-25-11-24-38-46-36(22-14-30-44(46)57-48(38)39)35-21-13-29-43-45(35)37-23-12-28-42(47(37)56-43)55-40-26-9-7-19-33(40)34-20-8-10-27-41(34)55/h1-30,49H,(H,52,53,54). The van der Waals surface area contributed by atoms with Crippen LogP contribution in [0.2, 0.25) is 0 Å². The summed E-state index contributed by atoms with van der Waals surface area (Å²) in [5.41, 5.74) is 10.6. The number of thiophene rings is 1. The number of para-hydroxylation sites is 3. The number of nitrogens with one attached hydrogen (secondary N) is 1. The molecule has 1 unspecified atom stereocenters. The second-order valence-corrected chi connectivity index (χ2v) is 15.6. The second-order valence-electron chi connectivity index (χ2n) is 14.5. The molecule has 11 aromatic rings. The van der Waals surface area contributed by atoms with Gasteiger partial charge >= 0.3 is 0 Å². The minimum Gasteiger partial charge on any atom is -0.454 e. The van der Waals surface area contributed by atoms with Crippen molar-refractivity contribution in [2.45, 2.75) is 6.17 Å². The van der Waals surface area contributed by atoms with Gasteiger partial charge in [0.2, 0.25) is 0 Å². The first-order valence-electron chi connectivity index (χ1n) is 19.2. The summed E-state index contributed by atoms with van der Waals surface area (Å²) in [5, 5.41) is 10.8. The molecule has 0 saturated carbocycles. The molecule has 3 aromatic heterocycles. The Morgan fingerprint density at radius 2 is 1.14 bits per heavy atom. The summed E-state index contributed by atoms with van der Waals surface area (Å²) < 4.78 is 11.6. The fraction of sp³-hybridized carbons (Fsp3) is 0.0196. The molecular weight excluding hydrogens is 717 g/mol. The van der Waals surface area contributed by atoms with E-state index in [-0.39, 0.29) is 6.17 Å². The summed E-state index contributed by atoms with van der Waals surface area (Å²) in [5.74, 6) is 1.53. The highest BCUT2D eigenvalue weighted by molar-refractivity contribution is 7.26. The highest BCUT2D eigenvalue weighted by Crippen LogP contribution is 2.46. The van der Waals surface area contributed by atoms with Gasteiger partial charge in [0.15, 0.2) is 11.4 Å². The zero-order valence-electron chi connectivity index (χ0n) is 30.6. The molecule has 0 fully saturated rings. The second kappa shape index (κ2) is 12.6. The predicted molar refractivity (Wildman–Crippen MR) is 238 cm³/mol. The third-order valence-electron chi connectivity index (χ3n) is 11.3. The number of nitrogens with zero attached hydrogens (tertiary/aromatic N) is 3. The molecular formula is C51H32N4OS. The van der Waals surface area contributed by atoms with E-state index in [0.717, 1.165) is 72.6 Å². The third kappa shape index (κ3) is 4.94. The molecule has 0 spiro atoms. The minimum atomic E-state index is -0.270. The predicted octanol–water partition coefficient (Wildman–Crippen LogP) is 13.2. The number of hydrogen-bond donors (Lipinski definition) is 1. The van der Waals surface area contributed by atoms with E-state index < -0.39 is 0 Å². The number of aliphatic imine (C=N–C) groups is 2. The maximum absolute atomic E-state index is 6.89. The van der Waals surface area contributed by atoms with Crippen LogP contribution in [0.15, 0.2) is 196 Å². The van der Waals surface area contributed by atoms with Gasteiger partial charge in [-0.25, -0.2) is 9.98 Å². The van der Waals surface area contributed by atoms with Gasteiger partial charge in [-0.3, -0.25) is 0 Å². The first-order valence-corrected chi connectivity index (χ1v) is 20.0. The first-order chi connectivity index (χ1) is 28.3. The third-order valence-corrected chi connectivity index (χ3v) is 12.5. The van der Waals surface area contributed by atoms with Crippen LogP contribution in [-0.4, -0.2) is 16.2 Å². The van der Waals surface area contributed by atoms with Gasteiger partial charge in [0.1, 0.15) is 17.6 Å². The minimum absolute atomic E-state index is 0.270. The Bertz CT molecular complexity index is 3390. The Hall–Kier alpha value is -7.28. The van der Waals surface area contributed by atoms with Crippen molar-refractivity contribution in [3.8, 4) is 16.8 Å². The van der Waals surface area contributed by atoms with Crippen molar-refractivity contribution in [1.29, 1.82) is 0 Å². The molecule has 1 atom stereocenters. The van der Waals surface area contributed by atoms with Crippen molar-refractivity contribution < 1.29 is 4.42 Å². The van der Waals surface area contributed by atoms with E-state index in [4.69, 9.17) is 14.4 Å². The normalized spacial score (nSPS) is 14.5. The Morgan fingerprint density at radius 1 is 0.526 bits per heavy atom. The average Bonchev–Trinajstić information content (AvgIpc) is 3.97. The molecule has 6 heteroatoms. The SMILES string of the molecule is c1ccc(C2=NC(c3ccccc3)NC(c3cccc4c3sc3cccc(-c5cccc6oc7c(-n8c9ccccc9c9ccccc98)cccc7c56)c34)=N2)cc1. The van der Waals surface area contributed by atoms with Crippen molar-refractivity contribution in [2.24, 2.45) is 9.98 Å². The summed E-state index contributed by atoms with van der Waals surface area (Å²) >= 11 is 1.81. The van der Waals surface area contributed by atoms with E-state index >= 15 is 0 Å². The zero-order valence-corrected chi connectivity index (χ0v) is 31.4. The number of benzene rings is 8. The van der Waals surface area contributed by atoms with Gasteiger partial charge in [-0.15, -0.1) is 11.3 Å². The summed E-state index contributed by atoms with van der Waals surface area (Å²) in [6, 6.07) is 64.2. The molecule has 0 amide bonds. The van der Waals surface area contributed by atoms with Gasteiger partial charge in [-0.05, 0) is 53.1 Å². The number of hydrogen-bond acceptors (Lipinski definition) is 5. The molecule has 5 nitrogen and oxygen atoms in total. The van der Waals surface area contributed by atoms with Crippen LogP contribution in [-0.2, 0) is 0 Å². The molecule has 0 bridgehead atoms. The number of aromatic nitrogens is 1.